The number of carbonyl (C=O) groups excluding carboxylic acids is 2. The minimum Gasteiger partial charge on any atom is -0.755 e. The van der Waals surface area contributed by atoms with Gasteiger partial charge in [-0.2, -0.15) is 0 Å². The molecule has 4 rings (SSSR count). The molecule has 2 aromatic heterocycles. The zero-order chi connectivity index (χ0) is 32.5. The first-order valence-electron chi connectivity index (χ1n) is 13.6. The zero-order valence-electron chi connectivity index (χ0n) is 24.7. The van der Waals surface area contributed by atoms with Crippen molar-refractivity contribution >= 4 is 51.9 Å². The Morgan fingerprint density at radius 3 is 2.38 bits per heavy atom. The number of benzene rings is 2. The Labute approximate surface area is 262 Å². The van der Waals surface area contributed by atoms with E-state index < -0.39 is 35.7 Å². The van der Waals surface area contributed by atoms with Gasteiger partial charge in [-0.05, 0) is 60.5 Å². The number of carbonyl (C=O) groups is 3. The first kappa shape index (κ1) is 32.6. The van der Waals surface area contributed by atoms with Gasteiger partial charge < -0.3 is 29.9 Å². The molecule has 3 N–H and O–H groups in total. The number of urea groups is 1. The molecule has 0 aliphatic carbocycles. The van der Waals surface area contributed by atoms with Gasteiger partial charge in [0, 0.05) is 30.2 Å². The molecule has 0 aliphatic rings. The van der Waals surface area contributed by atoms with Crippen LogP contribution >= 0.6 is 0 Å². The fourth-order valence-electron chi connectivity index (χ4n) is 4.50. The molecule has 45 heavy (non-hydrogen) atoms. The number of methoxy groups -OCH3 is 1. The predicted molar refractivity (Wildman–Crippen MR) is 169 cm³/mol. The van der Waals surface area contributed by atoms with E-state index in [0.29, 0.717) is 28.4 Å². The Hall–Kier alpha value is -5.34. The fraction of sp³-hybridized carbons (Fsp3) is 0.194. The highest BCUT2D eigenvalue weighted by atomic mass is 32.2. The second kappa shape index (κ2) is 14.9. The molecule has 0 saturated heterocycles. The number of hydrogen-bond acceptors (Lipinski definition) is 8. The van der Waals surface area contributed by atoms with Crippen LogP contribution < -0.4 is 24.6 Å². The molecule has 13 nitrogen and oxygen atoms in total. The molecule has 0 spiro atoms. The molecule has 2 atom stereocenters. The number of carboxylic acid groups (broad SMARTS) is 1. The number of aliphatic carboxylic acids is 1. The van der Waals surface area contributed by atoms with Crippen LogP contribution in [0, 0.1) is 6.92 Å². The number of nitrogens with zero attached hydrogens (tertiary/aromatic N) is 4. The van der Waals surface area contributed by atoms with Crippen LogP contribution in [-0.2, 0) is 27.3 Å². The Morgan fingerprint density at radius 1 is 1.00 bits per heavy atom. The van der Waals surface area contributed by atoms with Crippen LogP contribution in [0.1, 0.15) is 29.3 Å². The van der Waals surface area contributed by atoms with Crippen molar-refractivity contribution < 1.29 is 33.0 Å². The van der Waals surface area contributed by atoms with Crippen LogP contribution in [0.3, 0.4) is 0 Å². The number of pyridine rings is 2. The summed E-state index contributed by atoms with van der Waals surface area (Å²) in [5.41, 5.74) is 3.40. The minimum atomic E-state index is -2.83. The topological polar surface area (TPSA) is 177 Å². The van der Waals surface area contributed by atoms with E-state index in [4.69, 9.17) is 4.74 Å². The molecule has 0 saturated carbocycles. The highest BCUT2D eigenvalue weighted by Gasteiger charge is 2.27. The third-order valence-corrected chi connectivity index (χ3v) is 7.63. The van der Waals surface area contributed by atoms with Gasteiger partial charge in [0.15, 0.2) is 0 Å². The lowest BCUT2D eigenvalue weighted by Gasteiger charge is -2.33. The van der Waals surface area contributed by atoms with E-state index in [1.807, 2.05) is 25.1 Å². The third-order valence-electron chi connectivity index (χ3n) is 6.85. The van der Waals surface area contributed by atoms with E-state index in [-0.39, 0.29) is 23.7 Å². The maximum absolute atomic E-state index is 13.2. The van der Waals surface area contributed by atoms with Crippen molar-refractivity contribution in [1.82, 2.24) is 9.97 Å². The zero-order valence-corrected chi connectivity index (χ0v) is 25.5. The highest BCUT2D eigenvalue weighted by molar-refractivity contribution is 7.80. The Morgan fingerprint density at radius 2 is 1.76 bits per heavy atom. The van der Waals surface area contributed by atoms with E-state index >= 15 is 0 Å². The lowest BCUT2D eigenvalue weighted by molar-refractivity contribution is -0.137. The van der Waals surface area contributed by atoms with E-state index in [1.54, 1.807) is 37.4 Å². The number of likely N-dealkylation sites (N-methyl/N-ethyl adjacent to an activating group) is 1. The minimum absolute atomic E-state index is 0.00408. The van der Waals surface area contributed by atoms with Crippen LogP contribution in [0.4, 0.5) is 27.5 Å². The van der Waals surface area contributed by atoms with Gasteiger partial charge in [-0.25, -0.2) is 4.79 Å². The van der Waals surface area contributed by atoms with Crippen molar-refractivity contribution in [3.63, 3.8) is 0 Å². The van der Waals surface area contributed by atoms with Crippen molar-refractivity contribution in [2.24, 2.45) is 0 Å². The lowest BCUT2D eigenvalue weighted by atomic mass is 10.1. The number of carboxylic acids is 1. The van der Waals surface area contributed by atoms with Gasteiger partial charge in [0.1, 0.15) is 5.75 Å². The molecule has 2 heterocycles. The van der Waals surface area contributed by atoms with Crippen LogP contribution in [0.5, 0.6) is 5.75 Å². The molecule has 4 aromatic rings. The standard InChI is InChI=1S/C31H32N6O7S/c1-20-7-4-5-9-24(20)34-31(41)35-26-12-10-21(15-28(26)44-3)16-29(38)36(2)22-11-13-25(33-19-22)27(17-30(39)40)37(45(42)43)23-8-6-14-32-18-23/h4-15,18-19,27H,16-17H2,1-3H3,(H,39,40)(H,42,43)(H2,34,35,41)/p-1. The molecular weight excluding hydrogens is 600 g/mol. The molecule has 0 aliphatic heterocycles. The molecule has 3 amide bonds. The van der Waals surface area contributed by atoms with Crippen molar-refractivity contribution in [2.45, 2.75) is 25.8 Å². The number of rotatable bonds is 12. The third kappa shape index (κ3) is 8.40. The number of aromatic nitrogens is 2. The van der Waals surface area contributed by atoms with Crippen molar-refractivity contribution in [3.05, 3.63) is 102 Å². The van der Waals surface area contributed by atoms with Crippen LogP contribution in [-0.4, -0.2) is 55.9 Å². The number of hydrogen-bond donors (Lipinski definition) is 3. The Bertz CT molecular complexity index is 1690. The molecule has 0 fully saturated rings. The smallest absolute Gasteiger partial charge is 0.323 e. The van der Waals surface area contributed by atoms with Gasteiger partial charge >= 0.3 is 12.0 Å². The van der Waals surface area contributed by atoms with E-state index in [1.165, 1.54) is 48.8 Å². The fourth-order valence-corrected chi connectivity index (χ4v) is 5.17. The van der Waals surface area contributed by atoms with Gasteiger partial charge in [0.2, 0.25) is 5.91 Å². The number of para-hydroxylation sites is 1. The number of anilines is 4. The number of amides is 3. The molecule has 234 valence electrons. The Kier molecular flexibility index (Phi) is 10.8. The number of nitrogens with one attached hydrogen (secondary N) is 2. The number of aryl methyl sites for hydroxylation is 1. The average Bonchev–Trinajstić information content (AvgIpc) is 3.02. The summed E-state index contributed by atoms with van der Waals surface area (Å²) in [5, 5.41) is 15.0. The van der Waals surface area contributed by atoms with Gasteiger partial charge in [-0.1, -0.05) is 24.3 Å². The summed E-state index contributed by atoms with van der Waals surface area (Å²) in [5.74, 6) is -1.14. The van der Waals surface area contributed by atoms with Crippen LogP contribution in [0.25, 0.3) is 0 Å². The van der Waals surface area contributed by atoms with Crippen molar-refractivity contribution in [3.8, 4) is 5.75 Å². The molecule has 2 unspecified atom stereocenters. The maximum Gasteiger partial charge on any atom is 0.323 e. The summed E-state index contributed by atoms with van der Waals surface area (Å²) in [6, 6.07) is 16.8. The first-order chi connectivity index (χ1) is 21.6. The molecular formula is C31H31N6O7S-. The van der Waals surface area contributed by atoms with Crippen molar-refractivity contribution in [2.75, 3.05) is 34.0 Å². The summed E-state index contributed by atoms with van der Waals surface area (Å²) in [7, 11) is 3.02. The van der Waals surface area contributed by atoms with Gasteiger partial charge in [0.25, 0.3) is 0 Å². The predicted octanol–water partition coefficient (Wildman–Crippen LogP) is 4.46. The largest absolute Gasteiger partial charge is 0.755 e. The molecule has 2 aromatic carbocycles. The van der Waals surface area contributed by atoms with E-state index in [2.05, 4.69) is 20.6 Å². The van der Waals surface area contributed by atoms with Gasteiger partial charge in [-0.3, -0.25) is 28.1 Å². The van der Waals surface area contributed by atoms with E-state index in [9.17, 15) is 28.3 Å². The second-order valence-corrected chi connectivity index (χ2v) is 10.7. The quantitative estimate of drug-likeness (QED) is 0.191. The van der Waals surface area contributed by atoms with Gasteiger partial charge in [-0.15, -0.1) is 0 Å². The summed E-state index contributed by atoms with van der Waals surface area (Å²) < 4.78 is 30.6. The highest BCUT2D eigenvalue weighted by Crippen LogP contribution is 2.31. The SMILES string of the molecule is COc1cc(CC(=O)N(C)c2ccc(C(CC(=O)O)N(c3cccnc3)S(=O)[O-])nc2)ccc1NC(=O)Nc1ccccc1C. The monoisotopic (exact) mass is 631 g/mol. The van der Waals surface area contributed by atoms with Crippen molar-refractivity contribution in [1.29, 1.82) is 0 Å². The molecule has 0 radical (unpaired) electrons. The maximum atomic E-state index is 13.2. The second-order valence-electron chi connectivity index (χ2n) is 9.87. The van der Waals surface area contributed by atoms with E-state index in [0.717, 1.165) is 9.87 Å². The Balaban J connectivity index is 1.46. The normalized spacial score (nSPS) is 12.0. The van der Waals surface area contributed by atoms with Gasteiger partial charge in [0.05, 0.1) is 61.1 Å². The number of ether oxygens (including phenoxy) is 1. The summed E-state index contributed by atoms with van der Waals surface area (Å²) in [6.45, 7) is 1.88. The summed E-state index contributed by atoms with van der Waals surface area (Å²) in [6.07, 6.45) is 3.59. The summed E-state index contributed by atoms with van der Waals surface area (Å²) in [4.78, 5) is 47.0. The molecule has 0 bridgehead atoms. The average molecular weight is 632 g/mol. The lowest BCUT2D eigenvalue weighted by Crippen LogP contribution is -2.33. The first-order valence-corrected chi connectivity index (χ1v) is 14.6. The molecule has 14 heteroatoms. The summed E-state index contributed by atoms with van der Waals surface area (Å²) >= 11 is -2.83. The van der Waals surface area contributed by atoms with Crippen LogP contribution in [0.15, 0.2) is 85.3 Å². The van der Waals surface area contributed by atoms with Crippen LogP contribution in [0.2, 0.25) is 0 Å².